The van der Waals surface area contributed by atoms with E-state index in [4.69, 9.17) is 4.74 Å². The minimum absolute atomic E-state index is 0.163. The standard InChI is InChI=1S/C18H23B2FN4O3/c19-18(20,27)28-14-3-1-2-13(10-14)11-23-17(26)25-8-6-24(7-9-25)16-4-5-22-12-15(16)21/h1-5,10,12,27H,6-9,11,19-20H2,(H,23,26). The van der Waals surface area contributed by atoms with Crippen LogP contribution in [0.25, 0.3) is 0 Å². The first kappa shape index (κ1) is 20.0. The number of hydrogen-bond donors (Lipinski definition) is 2. The van der Waals surface area contributed by atoms with E-state index in [1.54, 1.807) is 45.0 Å². The fourth-order valence-corrected chi connectivity index (χ4v) is 3.07. The summed E-state index contributed by atoms with van der Waals surface area (Å²) >= 11 is 0. The van der Waals surface area contributed by atoms with Gasteiger partial charge in [0.15, 0.2) is 21.5 Å². The van der Waals surface area contributed by atoms with Gasteiger partial charge in [-0.2, -0.15) is 0 Å². The summed E-state index contributed by atoms with van der Waals surface area (Å²) in [5.41, 5.74) is 0.113. The number of ether oxygens (including phenoxy) is 1. The van der Waals surface area contributed by atoms with E-state index in [9.17, 15) is 14.3 Å². The van der Waals surface area contributed by atoms with Crippen LogP contribution in [0, 0.1) is 5.82 Å². The summed E-state index contributed by atoms with van der Waals surface area (Å²) in [6.45, 7) is 2.48. The number of carbonyl (C=O) groups excluding carboxylic acids is 1. The Kier molecular flexibility index (Phi) is 6.08. The van der Waals surface area contributed by atoms with E-state index < -0.39 is 5.59 Å². The molecule has 1 fully saturated rings. The second kappa shape index (κ2) is 8.52. The molecule has 2 amide bonds. The highest BCUT2D eigenvalue weighted by atomic mass is 19.1. The van der Waals surface area contributed by atoms with Crippen LogP contribution in [0.4, 0.5) is 14.9 Å². The van der Waals surface area contributed by atoms with Crippen LogP contribution in [0.3, 0.4) is 0 Å². The van der Waals surface area contributed by atoms with Crippen LogP contribution in [0.1, 0.15) is 5.56 Å². The van der Waals surface area contributed by atoms with E-state index in [0.29, 0.717) is 44.2 Å². The number of aromatic nitrogens is 1. The first-order valence-corrected chi connectivity index (χ1v) is 9.19. The van der Waals surface area contributed by atoms with Crippen molar-refractivity contribution in [1.29, 1.82) is 0 Å². The van der Waals surface area contributed by atoms with Crippen LogP contribution in [-0.4, -0.2) is 68.5 Å². The molecule has 1 aliphatic rings. The number of urea groups is 1. The zero-order valence-corrected chi connectivity index (χ0v) is 16.1. The van der Waals surface area contributed by atoms with Crippen molar-refractivity contribution in [2.45, 2.75) is 12.1 Å². The molecule has 0 unspecified atom stereocenters. The van der Waals surface area contributed by atoms with E-state index in [0.717, 1.165) is 5.56 Å². The number of nitrogens with one attached hydrogen (secondary N) is 1. The lowest BCUT2D eigenvalue weighted by molar-refractivity contribution is 0.0127. The smallest absolute Gasteiger partial charge is 0.317 e. The van der Waals surface area contributed by atoms with E-state index >= 15 is 0 Å². The Morgan fingerprint density at radius 1 is 1.29 bits per heavy atom. The SMILES string of the molecule is BC(B)(O)Oc1cccc(CNC(=O)N2CCN(c3ccncc3F)CC2)c1. The van der Waals surface area contributed by atoms with Gasteiger partial charge in [0.1, 0.15) is 11.3 Å². The van der Waals surface area contributed by atoms with Crippen molar-refractivity contribution in [3.05, 3.63) is 54.1 Å². The second-order valence-electron chi connectivity index (χ2n) is 7.16. The van der Waals surface area contributed by atoms with Crippen molar-refractivity contribution in [2.75, 3.05) is 31.1 Å². The van der Waals surface area contributed by atoms with Gasteiger partial charge in [0.2, 0.25) is 0 Å². The Morgan fingerprint density at radius 3 is 2.71 bits per heavy atom. The minimum atomic E-state index is -1.27. The van der Waals surface area contributed by atoms with Gasteiger partial charge >= 0.3 is 6.03 Å². The topological polar surface area (TPSA) is 77.9 Å². The molecule has 0 spiro atoms. The fraction of sp³-hybridized carbons (Fsp3) is 0.333. The zero-order chi connectivity index (χ0) is 20.1. The number of benzene rings is 1. The number of halogens is 1. The maximum Gasteiger partial charge on any atom is 0.317 e. The molecule has 7 nitrogen and oxygen atoms in total. The molecule has 146 valence electrons. The van der Waals surface area contributed by atoms with Crippen LogP contribution >= 0.6 is 0 Å². The van der Waals surface area contributed by atoms with Gasteiger partial charge in [-0.05, 0) is 23.8 Å². The number of nitrogens with zero attached hydrogens (tertiary/aromatic N) is 3. The van der Waals surface area contributed by atoms with Crippen LogP contribution < -0.4 is 15.0 Å². The van der Waals surface area contributed by atoms with Crippen molar-refractivity contribution < 1.29 is 19.0 Å². The monoisotopic (exact) mass is 384 g/mol. The van der Waals surface area contributed by atoms with Gasteiger partial charge in [-0.1, -0.05) is 12.1 Å². The number of hydrogen-bond acceptors (Lipinski definition) is 5. The van der Waals surface area contributed by atoms with Gasteiger partial charge in [0.05, 0.1) is 11.9 Å². The van der Waals surface area contributed by atoms with Gasteiger partial charge in [-0.15, -0.1) is 0 Å². The van der Waals surface area contributed by atoms with Crippen LogP contribution in [0.5, 0.6) is 5.75 Å². The van der Waals surface area contributed by atoms with Gasteiger partial charge in [-0.25, -0.2) is 9.18 Å². The van der Waals surface area contributed by atoms with Crippen molar-refractivity contribution in [3.8, 4) is 5.75 Å². The Labute approximate surface area is 165 Å². The molecule has 1 aromatic carbocycles. The average molecular weight is 384 g/mol. The summed E-state index contributed by atoms with van der Waals surface area (Å²) in [5.74, 6) is 0.181. The van der Waals surface area contributed by atoms with E-state index in [1.807, 2.05) is 17.0 Å². The lowest BCUT2D eigenvalue weighted by Gasteiger charge is -2.36. The summed E-state index contributed by atoms with van der Waals surface area (Å²) in [7, 11) is 3.11. The highest BCUT2D eigenvalue weighted by molar-refractivity contribution is 6.37. The molecule has 0 aliphatic carbocycles. The second-order valence-corrected chi connectivity index (χ2v) is 7.16. The maximum atomic E-state index is 13.9. The molecular formula is C18H23B2FN4O3. The Balaban J connectivity index is 1.50. The molecule has 0 atom stereocenters. The lowest BCUT2D eigenvalue weighted by atomic mass is 9.76. The van der Waals surface area contributed by atoms with Gasteiger partial charge in [0, 0.05) is 38.9 Å². The van der Waals surface area contributed by atoms with Crippen LogP contribution in [0.15, 0.2) is 42.7 Å². The molecule has 10 heteroatoms. The van der Waals surface area contributed by atoms with Gasteiger partial charge < -0.3 is 25.0 Å². The summed E-state index contributed by atoms with van der Waals surface area (Å²) in [6, 6.07) is 8.70. The Bertz CT molecular complexity index is 826. The third kappa shape index (κ3) is 5.39. The van der Waals surface area contributed by atoms with Crippen molar-refractivity contribution in [1.82, 2.24) is 15.2 Å². The minimum Gasteiger partial charge on any atom is -0.480 e. The fourth-order valence-electron chi connectivity index (χ4n) is 3.07. The molecule has 0 bridgehead atoms. The van der Waals surface area contributed by atoms with Gasteiger partial charge in [-0.3, -0.25) is 4.98 Å². The number of amides is 2. The van der Waals surface area contributed by atoms with Crippen LogP contribution in [-0.2, 0) is 6.54 Å². The van der Waals surface area contributed by atoms with Crippen molar-refractivity contribution in [3.63, 3.8) is 0 Å². The first-order chi connectivity index (χ1) is 13.3. The summed E-state index contributed by atoms with van der Waals surface area (Å²) in [4.78, 5) is 19.8. The molecule has 0 saturated carbocycles. The largest absolute Gasteiger partial charge is 0.480 e. The van der Waals surface area contributed by atoms with E-state index in [1.165, 1.54) is 6.20 Å². The maximum absolute atomic E-state index is 13.9. The normalized spacial score (nSPS) is 14.6. The third-order valence-corrected chi connectivity index (χ3v) is 4.37. The van der Waals surface area contributed by atoms with E-state index in [2.05, 4.69) is 10.3 Å². The first-order valence-electron chi connectivity index (χ1n) is 9.19. The molecule has 0 radical (unpaired) electrons. The number of pyridine rings is 1. The summed E-state index contributed by atoms with van der Waals surface area (Å²) in [6.07, 6.45) is 2.76. The molecule has 1 aliphatic heterocycles. The van der Waals surface area contributed by atoms with E-state index in [-0.39, 0.29) is 11.8 Å². The molecule has 3 rings (SSSR count). The van der Waals surface area contributed by atoms with Crippen LogP contribution in [0.2, 0.25) is 0 Å². The molecule has 2 N–H and O–H groups in total. The molecule has 1 aromatic heterocycles. The molecular weight excluding hydrogens is 361 g/mol. The van der Waals surface area contributed by atoms with Gasteiger partial charge in [0.25, 0.3) is 0 Å². The molecule has 28 heavy (non-hydrogen) atoms. The highest BCUT2D eigenvalue weighted by Crippen LogP contribution is 2.19. The predicted octanol–water partition coefficient (Wildman–Crippen LogP) is -0.499. The number of anilines is 1. The number of aliphatic hydroxyl groups is 1. The number of carbonyl (C=O) groups is 1. The average Bonchev–Trinajstić information content (AvgIpc) is 2.66. The molecule has 2 aromatic rings. The highest BCUT2D eigenvalue weighted by Gasteiger charge is 2.22. The molecule has 1 saturated heterocycles. The number of piperazine rings is 1. The lowest BCUT2D eigenvalue weighted by Crippen LogP contribution is -2.51. The number of rotatable bonds is 5. The summed E-state index contributed by atoms with van der Waals surface area (Å²) < 4.78 is 19.3. The Hall–Kier alpha value is -2.74. The zero-order valence-electron chi connectivity index (χ0n) is 16.1. The van der Waals surface area contributed by atoms with Crippen molar-refractivity contribution in [2.24, 2.45) is 0 Å². The van der Waals surface area contributed by atoms with Crippen molar-refractivity contribution >= 4 is 27.4 Å². The predicted molar refractivity (Wildman–Crippen MR) is 109 cm³/mol. The summed E-state index contributed by atoms with van der Waals surface area (Å²) in [5, 5.41) is 12.6. The quantitative estimate of drug-likeness (QED) is 0.537. The Morgan fingerprint density at radius 2 is 2.04 bits per heavy atom. The third-order valence-electron chi connectivity index (χ3n) is 4.37. The molecule has 2 heterocycles.